The van der Waals surface area contributed by atoms with Crippen LogP contribution in [0.2, 0.25) is 0 Å². The number of amides is 2. The van der Waals surface area contributed by atoms with E-state index in [2.05, 4.69) is 0 Å². The monoisotopic (exact) mass is 570 g/mol. The van der Waals surface area contributed by atoms with Crippen LogP contribution in [0.15, 0.2) is 42.5 Å². The number of halogens is 6. The molecule has 2 amide bonds. The van der Waals surface area contributed by atoms with Crippen LogP contribution in [0.4, 0.5) is 32.0 Å². The van der Waals surface area contributed by atoms with E-state index < -0.39 is 81.8 Å². The van der Waals surface area contributed by atoms with Crippen LogP contribution in [0.5, 0.6) is 5.75 Å². The van der Waals surface area contributed by atoms with Crippen molar-refractivity contribution in [2.75, 3.05) is 11.5 Å². The summed E-state index contributed by atoms with van der Waals surface area (Å²) in [6.07, 6.45) is -13.2. The van der Waals surface area contributed by atoms with Gasteiger partial charge in [0.2, 0.25) is 11.8 Å². The Labute approximate surface area is 222 Å². The number of carbonyl (C=O) groups excluding carboxylic acids is 2. The topological polar surface area (TPSA) is 120 Å². The number of nitrogens with zero attached hydrogens (tertiary/aromatic N) is 2. The molecule has 2 bridgehead atoms. The van der Waals surface area contributed by atoms with Crippen LogP contribution in [-0.2, 0) is 26.7 Å². The Kier molecular flexibility index (Phi) is 6.22. The van der Waals surface area contributed by atoms with Crippen LogP contribution in [0.25, 0.3) is 0 Å². The van der Waals surface area contributed by atoms with Gasteiger partial charge in [-0.25, -0.2) is 4.90 Å². The SMILES string of the molecule is CC12OC(CCOc3ccc(C(F)(F)F)cc3)([C@@H]3C(=O)N(c4ccc(C#N)c(C(F)(F)F)c4)C(=O)[C@@H]31)[C@@H](O)[C@H]2O. The van der Waals surface area contributed by atoms with Crippen molar-refractivity contribution >= 4 is 17.5 Å². The average molecular weight is 570 g/mol. The number of ether oxygens (including phenoxy) is 2. The fourth-order valence-electron chi connectivity index (χ4n) is 6.03. The number of aliphatic hydroxyl groups is 2. The first-order valence-corrected chi connectivity index (χ1v) is 11.9. The third kappa shape index (κ3) is 3.94. The molecule has 0 aromatic heterocycles. The molecule has 0 spiro atoms. The highest BCUT2D eigenvalue weighted by Crippen LogP contribution is 2.62. The summed E-state index contributed by atoms with van der Waals surface area (Å²) < 4.78 is 90.6. The molecular weight excluding hydrogens is 550 g/mol. The van der Waals surface area contributed by atoms with E-state index in [1.165, 1.54) is 13.0 Å². The van der Waals surface area contributed by atoms with Crippen molar-refractivity contribution in [3.63, 3.8) is 0 Å². The van der Waals surface area contributed by atoms with Crippen LogP contribution in [0.1, 0.15) is 30.0 Å². The van der Waals surface area contributed by atoms with Crippen molar-refractivity contribution < 1.29 is 55.6 Å². The molecule has 8 nitrogen and oxygen atoms in total. The first-order valence-electron chi connectivity index (χ1n) is 11.9. The second kappa shape index (κ2) is 8.92. The summed E-state index contributed by atoms with van der Waals surface area (Å²) in [6, 6.07) is 7.50. The number of hydrogen-bond donors (Lipinski definition) is 2. The first kappa shape index (κ1) is 27.9. The highest BCUT2D eigenvalue weighted by Gasteiger charge is 2.80. The zero-order chi connectivity index (χ0) is 29.4. The minimum atomic E-state index is -4.96. The molecule has 14 heteroatoms. The number of anilines is 1. The summed E-state index contributed by atoms with van der Waals surface area (Å²) in [7, 11) is 0. The van der Waals surface area contributed by atoms with E-state index in [0.717, 1.165) is 36.4 Å². The van der Waals surface area contributed by atoms with Gasteiger partial charge in [0.15, 0.2) is 0 Å². The predicted molar refractivity (Wildman–Crippen MR) is 121 cm³/mol. The van der Waals surface area contributed by atoms with Crippen LogP contribution >= 0.6 is 0 Å². The smallest absolute Gasteiger partial charge is 0.417 e. The molecule has 2 unspecified atom stereocenters. The Morgan fingerprint density at radius 1 is 0.975 bits per heavy atom. The van der Waals surface area contributed by atoms with Crippen molar-refractivity contribution in [3.05, 3.63) is 59.2 Å². The van der Waals surface area contributed by atoms with Gasteiger partial charge in [-0.2, -0.15) is 31.6 Å². The van der Waals surface area contributed by atoms with Gasteiger partial charge in [0, 0.05) is 6.42 Å². The van der Waals surface area contributed by atoms with Gasteiger partial charge in [-0.1, -0.05) is 0 Å². The quantitative estimate of drug-likeness (QED) is 0.418. The van der Waals surface area contributed by atoms with Gasteiger partial charge in [0.05, 0.1) is 46.9 Å². The minimum absolute atomic E-state index is 0.0301. The molecule has 40 heavy (non-hydrogen) atoms. The third-order valence-corrected chi connectivity index (χ3v) is 7.88. The van der Waals surface area contributed by atoms with Gasteiger partial charge in [-0.15, -0.1) is 0 Å². The summed E-state index contributed by atoms with van der Waals surface area (Å²) in [5.74, 6) is -4.68. The van der Waals surface area contributed by atoms with Crippen molar-refractivity contribution in [1.82, 2.24) is 0 Å². The molecule has 2 aromatic rings. The fraction of sp³-hybridized carbons (Fsp3) is 0.423. The number of rotatable bonds is 5. The highest BCUT2D eigenvalue weighted by atomic mass is 19.4. The summed E-state index contributed by atoms with van der Waals surface area (Å²) in [5.41, 5.74) is -7.08. The lowest BCUT2D eigenvalue weighted by molar-refractivity contribution is -0.139. The van der Waals surface area contributed by atoms with E-state index in [4.69, 9.17) is 14.7 Å². The zero-order valence-electron chi connectivity index (χ0n) is 20.5. The number of aliphatic hydroxyl groups excluding tert-OH is 2. The molecular formula is C26H20F6N2O6. The molecule has 0 saturated carbocycles. The van der Waals surface area contributed by atoms with E-state index in [1.807, 2.05) is 0 Å². The summed E-state index contributed by atoms with van der Waals surface area (Å²) >= 11 is 0. The van der Waals surface area contributed by atoms with Gasteiger partial charge in [-0.05, 0) is 49.4 Å². The minimum Gasteiger partial charge on any atom is -0.493 e. The Balaban J connectivity index is 1.45. The molecule has 3 fully saturated rings. The second-order valence-electron chi connectivity index (χ2n) is 10.1. The van der Waals surface area contributed by atoms with Crippen LogP contribution in [-0.4, -0.2) is 52.0 Å². The molecule has 0 aliphatic carbocycles. The molecule has 3 aliphatic heterocycles. The third-order valence-electron chi connectivity index (χ3n) is 7.88. The van der Waals surface area contributed by atoms with Crippen LogP contribution in [0.3, 0.4) is 0 Å². The van der Waals surface area contributed by atoms with Gasteiger partial charge in [-0.3, -0.25) is 9.59 Å². The standard InChI is InChI=1S/C26H20F6N2O6/c1-23-17-18(22(38)34(21(17)37)14-5-2-12(11-33)16(10-14)26(30,31)32)24(40-23,20(36)19(23)35)8-9-39-15-6-3-13(4-7-15)25(27,28)29/h2-7,10,17-20,35-36H,8-9H2,1H3/t17-,18+,19-,20+,23?,24?/m1/s1. The second-order valence-corrected chi connectivity index (χ2v) is 10.1. The average Bonchev–Trinajstić information content (AvgIpc) is 3.39. The molecule has 3 aliphatic rings. The van der Waals surface area contributed by atoms with E-state index in [9.17, 15) is 46.1 Å². The van der Waals surface area contributed by atoms with Gasteiger partial charge in [0.1, 0.15) is 29.2 Å². The molecule has 3 saturated heterocycles. The van der Waals surface area contributed by atoms with Crippen molar-refractivity contribution in [2.24, 2.45) is 11.8 Å². The molecule has 6 atom stereocenters. The van der Waals surface area contributed by atoms with Crippen LogP contribution in [0, 0.1) is 23.2 Å². The number of fused-ring (bicyclic) bond motifs is 5. The fourth-order valence-corrected chi connectivity index (χ4v) is 6.03. The first-order chi connectivity index (χ1) is 18.6. The molecule has 5 rings (SSSR count). The van der Waals surface area contributed by atoms with E-state index in [-0.39, 0.29) is 18.8 Å². The number of benzene rings is 2. The highest BCUT2D eigenvalue weighted by molar-refractivity contribution is 6.23. The predicted octanol–water partition coefficient (Wildman–Crippen LogP) is 3.43. The number of alkyl halides is 6. The lowest BCUT2D eigenvalue weighted by Crippen LogP contribution is -2.58. The van der Waals surface area contributed by atoms with E-state index in [1.54, 1.807) is 0 Å². The van der Waals surface area contributed by atoms with E-state index >= 15 is 0 Å². The maximum absolute atomic E-state index is 13.6. The molecule has 212 valence electrons. The Hall–Kier alpha value is -3.67. The van der Waals surface area contributed by atoms with Gasteiger partial charge < -0.3 is 19.7 Å². The Morgan fingerprint density at radius 3 is 2.17 bits per heavy atom. The lowest BCUT2D eigenvalue weighted by Gasteiger charge is -2.37. The summed E-state index contributed by atoms with van der Waals surface area (Å²) in [4.78, 5) is 27.6. The lowest BCUT2D eigenvalue weighted by atomic mass is 9.64. The zero-order valence-corrected chi connectivity index (χ0v) is 20.5. The van der Waals surface area contributed by atoms with Gasteiger partial charge in [0.25, 0.3) is 0 Å². The van der Waals surface area contributed by atoms with Crippen molar-refractivity contribution in [3.8, 4) is 11.8 Å². The molecule has 3 heterocycles. The number of hydrogen-bond acceptors (Lipinski definition) is 7. The number of carbonyl (C=O) groups is 2. The summed E-state index contributed by atoms with van der Waals surface area (Å²) in [6.45, 7) is 0.990. The Morgan fingerprint density at radius 2 is 1.60 bits per heavy atom. The maximum Gasteiger partial charge on any atom is 0.417 e. The molecule has 2 aromatic carbocycles. The number of nitriles is 1. The summed E-state index contributed by atoms with van der Waals surface area (Å²) in [5, 5.41) is 30.8. The number of imide groups is 1. The van der Waals surface area contributed by atoms with Crippen LogP contribution < -0.4 is 9.64 Å². The maximum atomic E-state index is 13.6. The molecule has 2 N–H and O–H groups in total. The van der Waals surface area contributed by atoms with Crippen molar-refractivity contribution in [2.45, 2.75) is 49.1 Å². The Bertz CT molecular complexity index is 1420. The molecule has 0 radical (unpaired) electrons. The largest absolute Gasteiger partial charge is 0.493 e. The van der Waals surface area contributed by atoms with Gasteiger partial charge >= 0.3 is 12.4 Å². The van der Waals surface area contributed by atoms with Crippen molar-refractivity contribution in [1.29, 1.82) is 5.26 Å². The van der Waals surface area contributed by atoms with E-state index in [0.29, 0.717) is 11.0 Å². The normalized spacial score (nSPS) is 31.4.